The number of hydrogen-bond acceptors (Lipinski definition) is 7. The van der Waals surface area contributed by atoms with Crippen LogP contribution in [0.3, 0.4) is 0 Å². The first-order valence-electron chi connectivity index (χ1n) is 9.43. The van der Waals surface area contributed by atoms with Crippen LogP contribution in [0.15, 0.2) is 24.9 Å². The van der Waals surface area contributed by atoms with Crippen molar-refractivity contribution in [3.8, 4) is 0 Å². The van der Waals surface area contributed by atoms with E-state index in [1.807, 2.05) is 11.8 Å². The van der Waals surface area contributed by atoms with E-state index in [4.69, 9.17) is 4.74 Å². The normalized spacial score (nSPS) is 20.6. The topological polar surface area (TPSA) is 84.3 Å². The molecule has 1 atom stereocenters. The van der Waals surface area contributed by atoms with Gasteiger partial charge in [-0.1, -0.05) is 0 Å². The molecule has 2 aliphatic rings. The minimum absolute atomic E-state index is 0.000240. The van der Waals surface area contributed by atoms with Gasteiger partial charge in [0.05, 0.1) is 30.2 Å². The van der Waals surface area contributed by atoms with Crippen molar-refractivity contribution in [3.05, 3.63) is 41.9 Å². The minimum Gasteiger partial charge on any atom is -0.378 e. The van der Waals surface area contributed by atoms with Gasteiger partial charge in [-0.2, -0.15) is 0 Å². The molecule has 4 rings (SSSR count). The van der Waals surface area contributed by atoms with Gasteiger partial charge in [-0.15, -0.1) is 0 Å². The summed E-state index contributed by atoms with van der Waals surface area (Å²) in [6.45, 7) is 6.40. The third-order valence-electron chi connectivity index (χ3n) is 5.28. The molecule has 0 unspecified atom stereocenters. The summed E-state index contributed by atoms with van der Waals surface area (Å²) in [6.07, 6.45) is 6.69. The Hall–Kier alpha value is -2.61. The number of aryl methyl sites for hydroxylation is 1. The van der Waals surface area contributed by atoms with Gasteiger partial charge >= 0.3 is 0 Å². The Kier molecular flexibility index (Phi) is 5.24. The van der Waals surface area contributed by atoms with Crippen molar-refractivity contribution in [2.24, 2.45) is 0 Å². The van der Waals surface area contributed by atoms with Crippen LogP contribution in [-0.4, -0.2) is 70.1 Å². The molecule has 4 heterocycles. The zero-order chi connectivity index (χ0) is 18.6. The van der Waals surface area contributed by atoms with Gasteiger partial charge in [0, 0.05) is 44.4 Å². The van der Waals surface area contributed by atoms with Gasteiger partial charge in [-0.25, -0.2) is 19.9 Å². The number of hydrogen-bond donors (Lipinski definition) is 0. The molecule has 8 nitrogen and oxygen atoms in total. The number of carbonyl (C=O) groups excluding carboxylic acids is 1. The highest BCUT2D eigenvalue weighted by Crippen LogP contribution is 2.28. The van der Waals surface area contributed by atoms with E-state index < -0.39 is 0 Å². The van der Waals surface area contributed by atoms with E-state index in [0.29, 0.717) is 17.8 Å². The molecule has 0 spiro atoms. The van der Waals surface area contributed by atoms with Gasteiger partial charge in [-0.05, 0) is 19.8 Å². The van der Waals surface area contributed by atoms with Crippen LogP contribution >= 0.6 is 0 Å². The Balaban J connectivity index is 1.50. The quantitative estimate of drug-likeness (QED) is 0.810. The van der Waals surface area contributed by atoms with Crippen LogP contribution < -0.4 is 4.90 Å². The standard InChI is InChI=1S/C19H24N6O2/c1-14-16(10-20-12-21-14)19(26)25-4-2-3-15(11-25)17-9-18(23-13-22-17)24-5-7-27-8-6-24/h9-10,12-13,15H,2-8,11H2,1H3/t15-/m0/s1. The Morgan fingerprint density at radius 1 is 1.15 bits per heavy atom. The molecule has 0 saturated carbocycles. The van der Waals surface area contributed by atoms with E-state index in [1.54, 1.807) is 12.5 Å². The largest absolute Gasteiger partial charge is 0.378 e. The number of piperidine rings is 1. The summed E-state index contributed by atoms with van der Waals surface area (Å²) >= 11 is 0. The zero-order valence-corrected chi connectivity index (χ0v) is 15.5. The SMILES string of the molecule is Cc1ncncc1C(=O)N1CCC[C@H](c2cc(N3CCOCC3)ncn2)C1. The third-order valence-corrected chi connectivity index (χ3v) is 5.28. The lowest BCUT2D eigenvalue weighted by Crippen LogP contribution is -2.40. The van der Waals surface area contributed by atoms with Crippen molar-refractivity contribution in [2.45, 2.75) is 25.7 Å². The lowest BCUT2D eigenvalue weighted by Gasteiger charge is -2.33. The van der Waals surface area contributed by atoms with Gasteiger partial charge in [0.25, 0.3) is 5.91 Å². The maximum atomic E-state index is 12.9. The summed E-state index contributed by atoms with van der Waals surface area (Å²) in [6, 6.07) is 2.07. The monoisotopic (exact) mass is 368 g/mol. The third kappa shape index (κ3) is 3.90. The Morgan fingerprint density at radius 3 is 2.81 bits per heavy atom. The van der Waals surface area contributed by atoms with Crippen molar-refractivity contribution >= 4 is 11.7 Å². The van der Waals surface area contributed by atoms with E-state index in [9.17, 15) is 4.79 Å². The molecular weight excluding hydrogens is 344 g/mol. The van der Waals surface area contributed by atoms with Gasteiger partial charge in [0.15, 0.2) is 0 Å². The molecule has 142 valence electrons. The summed E-state index contributed by atoms with van der Waals surface area (Å²) in [5, 5.41) is 0. The first-order valence-corrected chi connectivity index (χ1v) is 9.43. The van der Waals surface area contributed by atoms with E-state index in [1.165, 1.54) is 6.33 Å². The van der Waals surface area contributed by atoms with Crippen LogP contribution in [-0.2, 0) is 4.74 Å². The highest BCUT2D eigenvalue weighted by atomic mass is 16.5. The fourth-order valence-electron chi connectivity index (χ4n) is 3.72. The molecule has 2 aliphatic heterocycles. The lowest BCUT2D eigenvalue weighted by atomic mass is 9.94. The molecule has 2 aromatic heterocycles. The van der Waals surface area contributed by atoms with Gasteiger partial charge in [0.1, 0.15) is 18.5 Å². The Bertz CT molecular complexity index is 808. The molecule has 0 N–H and O–H groups in total. The number of amides is 1. The van der Waals surface area contributed by atoms with E-state index in [2.05, 4.69) is 30.9 Å². The number of nitrogens with zero attached hydrogens (tertiary/aromatic N) is 6. The van der Waals surface area contributed by atoms with Crippen LogP contribution in [0.1, 0.15) is 40.5 Å². The predicted octanol–water partition coefficient (Wildman–Crippen LogP) is 1.43. The van der Waals surface area contributed by atoms with Crippen molar-refractivity contribution in [3.63, 3.8) is 0 Å². The Morgan fingerprint density at radius 2 is 2.00 bits per heavy atom. The molecule has 0 aliphatic carbocycles. The molecule has 0 aromatic carbocycles. The fraction of sp³-hybridized carbons (Fsp3) is 0.526. The molecule has 1 amide bonds. The van der Waals surface area contributed by atoms with Crippen molar-refractivity contribution < 1.29 is 9.53 Å². The first-order chi connectivity index (χ1) is 13.2. The number of likely N-dealkylation sites (tertiary alicyclic amines) is 1. The van der Waals surface area contributed by atoms with Crippen LogP contribution in [0.2, 0.25) is 0 Å². The highest BCUT2D eigenvalue weighted by Gasteiger charge is 2.28. The maximum Gasteiger partial charge on any atom is 0.257 e. The van der Waals surface area contributed by atoms with Crippen molar-refractivity contribution in [2.75, 3.05) is 44.3 Å². The predicted molar refractivity (Wildman–Crippen MR) is 99.7 cm³/mol. The number of morpholine rings is 1. The average Bonchev–Trinajstić information content (AvgIpc) is 2.74. The van der Waals surface area contributed by atoms with Crippen molar-refractivity contribution in [1.29, 1.82) is 0 Å². The number of rotatable bonds is 3. The van der Waals surface area contributed by atoms with Crippen LogP contribution in [0, 0.1) is 6.92 Å². The second kappa shape index (κ2) is 7.96. The summed E-state index contributed by atoms with van der Waals surface area (Å²) in [4.78, 5) is 34.1. The number of carbonyl (C=O) groups is 1. The molecule has 0 bridgehead atoms. The highest BCUT2D eigenvalue weighted by molar-refractivity contribution is 5.95. The second-order valence-electron chi connectivity index (χ2n) is 7.01. The van der Waals surface area contributed by atoms with Crippen LogP contribution in [0.4, 0.5) is 5.82 Å². The first kappa shape index (κ1) is 17.8. The van der Waals surface area contributed by atoms with Crippen LogP contribution in [0.5, 0.6) is 0 Å². The summed E-state index contributed by atoms with van der Waals surface area (Å²) in [7, 11) is 0. The molecule has 0 radical (unpaired) electrons. The molecule has 8 heteroatoms. The molecule has 2 fully saturated rings. The molecular formula is C19H24N6O2. The molecule has 2 aromatic rings. The molecule has 2 saturated heterocycles. The summed E-state index contributed by atoms with van der Waals surface area (Å²) in [5.41, 5.74) is 2.30. The summed E-state index contributed by atoms with van der Waals surface area (Å²) in [5.74, 6) is 1.16. The Labute approximate surface area is 158 Å². The van der Waals surface area contributed by atoms with Gasteiger partial charge in [-0.3, -0.25) is 4.79 Å². The fourth-order valence-corrected chi connectivity index (χ4v) is 3.72. The second-order valence-corrected chi connectivity index (χ2v) is 7.01. The molecule has 27 heavy (non-hydrogen) atoms. The number of ether oxygens (including phenoxy) is 1. The maximum absolute atomic E-state index is 12.9. The van der Waals surface area contributed by atoms with E-state index in [0.717, 1.165) is 57.2 Å². The van der Waals surface area contributed by atoms with Crippen molar-refractivity contribution in [1.82, 2.24) is 24.8 Å². The minimum atomic E-state index is 0.000240. The number of aromatic nitrogens is 4. The summed E-state index contributed by atoms with van der Waals surface area (Å²) < 4.78 is 5.42. The van der Waals surface area contributed by atoms with Crippen LogP contribution in [0.25, 0.3) is 0 Å². The lowest BCUT2D eigenvalue weighted by molar-refractivity contribution is 0.0704. The van der Waals surface area contributed by atoms with E-state index in [-0.39, 0.29) is 11.8 Å². The smallest absolute Gasteiger partial charge is 0.257 e. The van der Waals surface area contributed by atoms with Gasteiger partial charge < -0.3 is 14.5 Å². The van der Waals surface area contributed by atoms with Gasteiger partial charge in [0.2, 0.25) is 0 Å². The van der Waals surface area contributed by atoms with E-state index >= 15 is 0 Å². The zero-order valence-electron chi connectivity index (χ0n) is 15.5. The number of anilines is 1. The average molecular weight is 368 g/mol.